The Balaban J connectivity index is 1.54. The molecule has 2 heterocycles. The van der Waals surface area contributed by atoms with Crippen LogP contribution in [-0.2, 0) is 10.0 Å². The minimum Gasteiger partial charge on any atom is -0.443 e. The first kappa shape index (κ1) is 17.7. The highest BCUT2D eigenvalue weighted by molar-refractivity contribution is 7.90. The van der Waals surface area contributed by atoms with Gasteiger partial charge >= 0.3 is 6.03 Å². The number of carbonyl (C=O) groups is 1. The number of benzene rings is 1. The summed E-state index contributed by atoms with van der Waals surface area (Å²) in [4.78, 5) is 18.1. The van der Waals surface area contributed by atoms with Crippen molar-refractivity contribution >= 4 is 32.8 Å². The van der Waals surface area contributed by atoms with E-state index in [9.17, 15) is 13.2 Å². The van der Waals surface area contributed by atoms with Gasteiger partial charge in [0, 0.05) is 24.8 Å². The SMILES string of the molecule is CC(C)S(=O)(=O)NC1CCN(C(=O)Nc2ccc3ocnc3c2)CC1. The molecule has 0 bridgehead atoms. The molecule has 1 aromatic heterocycles. The van der Waals surface area contributed by atoms with Crippen LogP contribution < -0.4 is 10.0 Å². The van der Waals surface area contributed by atoms with E-state index < -0.39 is 15.3 Å². The first-order valence-corrected chi connectivity index (χ1v) is 9.80. The van der Waals surface area contributed by atoms with E-state index in [0.29, 0.717) is 42.7 Å². The molecule has 9 heteroatoms. The molecule has 136 valence electrons. The average molecular weight is 366 g/mol. The molecule has 8 nitrogen and oxygen atoms in total. The molecule has 1 fully saturated rings. The van der Waals surface area contributed by atoms with Crippen molar-refractivity contribution in [2.24, 2.45) is 0 Å². The third kappa shape index (κ3) is 4.10. The third-order valence-electron chi connectivity index (χ3n) is 4.32. The number of sulfonamides is 1. The fourth-order valence-electron chi connectivity index (χ4n) is 2.71. The van der Waals surface area contributed by atoms with E-state index in [1.165, 1.54) is 6.39 Å². The van der Waals surface area contributed by atoms with E-state index in [0.717, 1.165) is 0 Å². The molecule has 1 saturated heterocycles. The van der Waals surface area contributed by atoms with Gasteiger partial charge < -0.3 is 14.6 Å². The Morgan fingerprint density at radius 1 is 1.32 bits per heavy atom. The largest absolute Gasteiger partial charge is 0.443 e. The molecule has 1 aromatic carbocycles. The number of oxazole rings is 1. The van der Waals surface area contributed by atoms with Crippen LogP contribution in [0.2, 0.25) is 0 Å². The molecule has 0 saturated carbocycles. The molecule has 1 aliphatic rings. The van der Waals surface area contributed by atoms with Crippen LogP contribution in [0.15, 0.2) is 29.0 Å². The van der Waals surface area contributed by atoms with Crippen LogP contribution >= 0.6 is 0 Å². The monoisotopic (exact) mass is 366 g/mol. The lowest BCUT2D eigenvalue weighted by atomic mass is 10.1. The predicted molar refractivity (Wildman–Crippen MR) is 94.8 cm³/mol. The van der Waals surface area contributed by atoms with Gasteiger partial charge in [-0.25, -0.2) is 22.9 Å². The van der Waals surface area contributed by atoms with Gasteiger partial charge in [-0.3, -0.25) is 0 Å². The number of carbonyl (C=O) groups excluding carboxylic acids is 1. The van der Waals surface area contributed by atoms with E-state index in [1.807, 2.05) is 0 Å². The summed E-state index contributed by atoms with van der Waals surface area (Å²) < 4.78 is 31.7. The zero-order valence-corrected chi connectivity index (χ0v) is 15.0. The number of piperidine rings is 1. The topological polar surface area (TPSA) is 105 Å². The molecule has 0 radical (unpaired) electrons. The first-order valence-electron chi connectivity index (χ1n) is 8.25. The van der Waals surface area contributed by atoms with E-state index in [1.54, 1.807) is 36.9 Å². The average Bonchev–Trinajstić information content (AvgIpc) is 3.02. The molecular formula is C16H22N4O4S. The lowest BCUT2D eigenvalue weighted by Gasteiger charge is -2.32. The second kappa shape index (κ2) is 7.01. The smallest absolute Gasteiger partial charge is 0.321 e. The summed E-state index contributed by atoms with van der Waals surface area (Å²) in [6.07, 6.45) is 2.56. The second-order valence-corrected chi connectivity index (χ2v) is 8.71. The van der Waals surface area contributed by atoms with Crippen molar-refractivity contribution in [3.05, 3.63) is 24.6 Å². The fourth-order valence-corrected chi connectivity index (χ4v) is 3.68. The number of anilines is 1. The minimum absolute atomic E-state index is 0.122. The number of hydrogen-bond acceptors (Lipinski definition) is 5. The van der Waals surface area contributed by atoms with Gasteiger partial charge in [-0.1, -0.05) is 0 Å². The molecule has 0 aliphatic carbocycles. The number of fused-ring (bicyclic) bond motifs is 1. The zero-order chi connectivity index (χ0) is 18.0. The molecule has 2 amide bonds. The Morgan fingerprint density at radius 3 is 2.72 bits per heavy atom. The van der Waals surface area contributed by atoms with Crippen molar-refractivity contribution in [1.29, 1.82) is 0 Å². The van der Waals surface area contributed by atoms with Crippen LogP contribution in [-0.4, -0.2) is 48.7 Å². The maximum atomic E-state index is 12.4. The summed E-state index contributed by atoms with van der Waals surface area (Å²) in [6.45, 7) is 4.31. The van der Waals surface area contributed by atoms with Crippen LogP contribution in [0, 0.1) is 0 Å². The minimum atomic E-state index is -3.28. The number of rotatable bonds is 4. The van der Waals surface area contributed by atoms with E-state index >= 15 is 0 Å². The van der Waals surface area contributed by atoms with Gasteiger partial charge in [0.05, 0.1) is 5.25 Å². The summed E-state index contributed by atoms with van der Waals surface area (Å²) in [6, 6.07) is 4.94. The zero-order valence-electron chi connectivity index (χ0n) is 14.2. The molecular weight excluding hydrogens is 344 g/mol. The molecule has 2 N–H and O–H groups in total. The Hall–Kier alpha value is -2.13. The summed E-state index contributed by atoms with van der Waals surface area (Å²) in [5.74, 6) is 0. The number of nitrogens with one attached hydrogen (secondary N) is 2. The number of nitrogens with zero attached hydrogens (tertiary/aromatic N) is 2. The number of urea groups is 1. The van der Waals surface area contributed by atoms with Crippen molar-refractivity contribution in [1.82, 2.24) is 14.6 Å². The highest BCUT2D eigenvalue weighted by Gasteiger charge is 2.27. The lowest BCUT2D eigenvalue weighted by Crippen LogP contribution is -2.48. The van der Waals surface area contributed by atoms with Crippen molar-refractivity contribution in [3.63, 3.8) is 0 Å². The number of aromatic nitrogens is 1. The maximum Gasteiger partial charge on any atom is 0.321 e. The predicted octanol–water partition coefficient (Wildman–Crippen LogP) is 2.15. The molecule has 0 spiro atoms. The second-order valence-electron chi connectivity index (χ2n) is 6.44. The molecule has 0 atom stereocenters. The standard InChI is InChI=1S/C16H22N4O4S/c1-11(2)25(22,23)19-12-5-7-20(8-6-12)16(21)18-13-3-4-15-14(9-13)17-10-24-15/h3-4,9-12,19H,5-8H2,1-2H3,(H,18,21). The van der Waals surface area contributed by atoms with Crippen LogP contribution in [0.4, 0.5) is 10.5 Å². The quantitative estimate of drug-likeness (QED) is 0.863. The van der Waals surface area contributed by atoms with Gasteiger partial charge in [0.2, 0.25) is 10.0 Å². The van der Waals surface area contributed by atoms with Gasteiger partial charge in [-0.15, -0.1) is 0 Å². The summed E-state index contributed by atoms with van der Waals surface area (Å²) >= 11 is 0. The van der Waals surface area contributed by atoms with Crippen LogP contribution in [0.1, 0.15) is 26.7 Å². The number of likely N-dealkylation sites (tertiary alicyclic amines) is 1. The third-order valence-corrected chi connectivity index (χ3v) is 6.22. The van der Waals surface area contributed by atoms with Crippen LogP contribution in [0.5, 0.6) is 0 Å². The van der Waals surface area contributed by atoms with Crippen molar-refractivity contribution in [3.8, 4) is 0 Å². The number of amides is 2. The van der Waals surface area contributed by atoms with Crippen molar-refractivity contribution < 1.29 is 17.6 Å². The van der Waals surface area contributed by atoms with Crippen molar-refractivity contribution in [2.45, 2.75) is 38.0 Å². The van der Waals surface area contributed by atoms with E-state index in [2.05, 4.69) is 15.0 Å². The maximum absolute atomic E-state index is 12.4. The van der Waals surface area contributed by atoms with E-state index in [-0.39, 0.29) is 12.1 Å². The Bertz CT molecular complexity index is 854. The van der Waals surface area contributed by atoms with Crippen LogP contribution in [0.3, 0.4) is 0 Å². The van der Waals surface area contributed by atoms with E-state index in [4.69, 9.17) is 4.42 Å². The highest BCUT2D eigenvalue weighted by atomic mass is 32.2. The normalized spacial score (nSPS) is 16.5. The lowest BCUT2D eigenvalue weighted by molar-refractivity contribution is 0.193. The molecule has 2 aromatic rings. The summed E-state index contributed by atoms with van der Waals surface area (Å²) in [7, 11) is -3.28. The molecule has 25 heavy (non-hydrogen) atoms. The molecule has 0 unspecified atom stereocenters. The first-order chi connectivity index (χ1) is 11.8. The Kier molecular flexibility index (Phi) is 4.96. The molecule has 1 aliphatic heterocycles. The number of hydrogen-bond donors (Lipinski definition) is 2. The van der Waals surface area contributed by atoms with Crippen molar-refractivity contribution in [2.75, 3.05) is 18.4 Å². The fraction of sp³-hybridized carbons (Fsp3) is 0.500. The van der Waals surface area contributed by atoms with Crippen LogP contribution in [0.25, 0.3) is 11.1 Å². The summed E-state index contributed by atoms with van der Waals surface area (Å²) in [5.41, 5.74) is 1.99. The Morgan fingerprint density at radius 2 is 2.04 bits per heavy atom. The Labute approximate surface area is 146 Å². The van der Waals surface area contributed by atoms with Gasteiger partial charge in [-0.05, 0) is 44.9 Å². The highest BCUT2D eigenvalue weighted by Crippen LogP contribution is 2.19. The van der Waals surface area contributed by atoms with Gasteiger partial charge in [0.15, 0.2) is 12.0 Å². The van der Waals surface area contributed by atoms with Gasteiger partial charge in [0.25, 0.3) is 0 Å². The van der Waals surface area contributed by atoms with Gasteiger partial charge in [-0.2, -0.15) is 0 Å². The van der Waals surface area contributed by atoms with Gasteiger partial charge in [0.1, 0.15) is 5.52 Å². The molecule has 3 rings (SSSR count). The summed E-state index contributed by atoms with van der Waals surface area (Å²) in [5, 5.41) is 2.38.